The third kappa shape index (κ3) is 4.16. The molecule has 0 aliphatic rings. The Labute approximate surface area is 169 Å². The van der Waals surface area contributed by atoms with Crippen LogP contribution in [0.4, 0.5) is 10.1 Å². The molecule has 0 bridgehead atoms. The summed E-state index contributed by atoms with van der Waals surface area (Å²) in [5.74, 6) is -0.451. The summed E-state index contributed by atoms with van der Waals surface area (Å²) in [4.78, 5) is 17.2. The normalized spacial score (nSPS) is 10.9. The van der Waals surface area contributed by atoms with E-state index in [9.17, 15) is 9.18 Å². The Hall–Kier alpha value is -3.53. The minimum Gasteiger partial charge on any atom is -0.325 e. The molecule has 4 rings (SSSR count). The fourth-order valence-electron chi connectivity index (χ4n) is 3.55. The number of nitrogens with one attached hydrogen (secondary N) is 1. The molecule has 0 atom stereocenters. The van der Waals surface area contributed by atoms with Crippen molar-refractivity contribution >= 4 is 22.5 Å². The molecule has 1 heterocycles. The lowest BCUT2D eigenvalue weighted by Gasteiger charge is -2.16. The molecule has 29 heavy (non-hydrogen) atoms. The van der Waals surface area contributed by atoms with Gasteiger partial charge in [0.15, 0.2) is 0 Å². The van der Waals surface area contributed by atoms with Gasteiger partial charge in [-0.1, -0.05) is 42.0 Å². The van der Waals surface area contributed by atoms with Gasteiger partial charge in [0.2, 0.25) is 5.91 Å². The number of anilines is 1. The summed E-state index contributed by atoms with van der Waals surface area (Å²) in [5, 5.41) is 4.10. The Kier molecular flexibility index (Phi) is 5.09. The maximum absolute atomic E-state index is 13.1. The summed E-state index contributed by atoms with van der Waals surface area (Å²) < 4.78 is 13.1. The molecule has 0 aliphatic heterocycles. The van der Waals surface area contributed by atoms with Crippen LogP contribution in [0.15, 0.2) is 72.9 Å². The number of para-hydroxylation sites is 1. The summed E-state index contributed by atoms with van der Waals surface area (Å²) in [5.41, 5.74) is 6.47. The number of carbonyl (C=O) groups excluding carboxylic acids is 1. The van der Waals surface area contributed by atoms with Crippen LogP contribution in [0.2, 0.25) is 0 Å². The number of nitrogens with zero attached hydrogens (tertiary/aromatic N) is 1. The molecule has 3 nitrogen and oxygen atoms in total. The Morgan fingerprint density at radius 3 is 2.55 bits per heavy atom. The van der Waals surface area contributed by atoms with E-state index in [0.29, 0.717) is 0 Å². The monoisotopic (exact) mass is 384 g/mol. The number of benzene rings is 3. The number of hydrogen-bond acceptors (Lipinski definition) is 2. The van der Waals surface area contributed by atoms with Crippen molar-refractivity contribution in [2.45, 2.75) is 20.3 Å². The van der Waals surface area contributed by atoms with Crippen molar-refractivity contribution in [2.24, 2.45) is 0 Å². The number of rotatable bonds is 4. The van der Waals surface area contributed by atoms with Gasteiger partial charge in [-0.15, -0.1) is 0 Å². The van der Waals surface area contributed by atoms with E-state index < -0.39 is 0 Å². The smallest absolute Gasteiger partial charge is 0.228 e. The maximum atomic E-state index is 13.1. The molecule has 4 heteroatoms. The van der Waals surface area contributed by atoms with Gasteiger partial charge in [0.25, 0.3) is 0 Å². The molecule has 0 radical (unpaired) electrons. The molecule has 0 aliphatic carbocycles. The number of fused-ring (bicyclic) bond motifs is 1. The summed E-state index contributed by atoms with van der Waals surface area (Å²) in [7, 11) is 0. The average Bonchev–Trinajstić information content (AvgIpc) is 2.71. The Morgan fingerprint density at radius 1 is 1.00 bits per heavy atom. The zero-order chi connectivity index (χ0) is 20.4. The van der Waals surface area contributed by atoms with E-state index in [4.69, 9.17) is 0 Å². The number of halogens is 1. The largest absolute Gasteiger partial charge is 0.325 e. The second-order valence-corrected chi connectivity index (χ2v) is 7.27. The molecule has 0 saturated heterocycles. The van der Waals surface area contributed by atoms with Gasteiger partial charge in [0.05, 0.1) is 17.6 Å². The first-order valence-electron chi connectivity index (χ1n) is 9.50. The lowest BCUT2D eigenvalue weighted by Crippen LogP contribution is -2.16. The van der Waals surface area contributed by atoms with E-state index in [2.05, 4.69) is 22.4 Å². The molecule has 1 N–H and O–H groups in total. The summed E-state index contributed by atoms with van der Waals surface area (Å²) in [6, 6.07) is 20.2. The van der Waals surface area contributed by atoms with Crippen LogP contribution in [-0.4, -0.2) is 10.9 Å². The van der Waals surface area contributed by atoms with Gasteiger partial charge >= 0.3 is 0 Å². The van der Waals surface area contributed by atoms with Crippen molar-refractivity contribution in [1.29, 1.82) is 0 Å². The van der Waals surface area contributed by atoms with Crippen LogP contribution >= 0.6 is 0 Å². The first-order chi connectivity index (χ1) is 14.0. The Balaban J connectivity index is 1.69. The Morgan fingerprint density at radius 2 is 1.76 bits per heavy atom. The number of carbonyl (C=O) groups is 1. The van der Waals surface area contributed by atoms with Gasteiger partial charge in [0.1, 0.15) is 5.82 Å². The summed E-state index contributed by atoms with van der Waals surface area (Å²) in [6.45, 7) is 4.02. The standard InChI is InChI=1S/C25H21FN2O/c1-16-11-17(2)25(28-24(29)13-18-7-9-21(26)10-8-18)22(12-16)20-14-19-5-3-4-6-23(19)27-15-20/h3-12,14-15H,13H2,1-2H3,(H,28,29). The Bertz CT molecular complexity index is 1200. The zero-order valence-corrected chi connectivity index (χ0v) is 16.4. The molecule has 0 unspecified atom stereocenters. The second-order valence-electron chi connectivity index (χ2n) is 7.27. The minimum absolute atomic E-state index is 0.140. The number of aryl methyl sites for hydroxylation is 2. The topological polar surface area (TPSA) is 42.0 Å². The van der Waals surface area contributed by atoms with E-state index >= 15 is 0 Å². The first kappa shape index (κ1) is 18.8. The molecule has 144 valence electrons. The van der Waals surface area contributed by atoms with Gasteiger partial charge in [-0.2, -0.15) is 0 Å². The van der Waals surface area contributed by atoms with Crippen LogP contribution in [0.1, 0.15) is 16.7 Å². The molecular weight excluding hydrogens is 363 g/mol. The van der Waals surface area contributed by atoms with E-state index in [-0.39, 0.29) is 18.1 Å². The molecule has 3 aromatic carbocycles. The second kappa shape index (κ2) is 7.84. The van der Waals surface area contributed by atoms with E-state index in [1.54, 1.807) is 12.1 Å². The molecule has 0 fully saturated rings. The summed E-state index contributed by atoms with van der Waals surface area (Å²) >= 11 is 0. The van der Waals surface area contributed by atoms with Gasteiger partial charge in [-0.05, 0) is 55.3 Å². The van der Waals surface area contributed by atoms with Crippen molar-refractivity contribution in [3.8, 4) is 11.1 Å². The van der Waals surface area contributed by atoms with Gasteiger partial charge in [-0.25, -0.2) is 4.39 Å². The van der Waals surface area contributed by atoms with Gasteiger partial charge in [-0.3, -0.25) is 9.78 Å². The van der Waals surface area contributed by atoms with Crippen molar-refractivity contribution in [1.82, 2.24) is 4.98 Å². The summed E-state index contributed by atoms with van der Waals surface area (Å²) in [6.07, 6.45) is 2.02. The first-order valence-corrected chi connectivity index (χ1v) is 9.50. The highest BCUT2D eigenvalue weighted by Crippen LogP contribution is 2.33. The molecule has 0 saturated carbocycles. The fourth-order valence-corrected chi connectivity index (χ4v) is 3.55. The molecule has 4 aromatic rings. The molecule has 0 spiro atoms. The maximum Gasteiger partial charge on any atom is 0.228 e. The fraction of sp³-hybridized carbons (Fsp3) is 0.120. The number of amides is 1. The molecule has 1 aromatic heterocycles. The molecular formula is C25H21FN2O. The van der Waals surface area contributed by atoms with Crippen molar-refractivity contribution in [3.05, 3.63) is 95.4 Å². The predicted molar refractivity (Wildman–Crippen MR) is 115 cm³/mol. The van der Waals surface area contributed by atoms with E-state index in [1.165, 1.54) is 12.1 Å². The van der Waals surface area contributed by atoms with Crippen molar-refractivity contribution < 1.29 is 9.18 Å². The quantitative estimate of drug-likeness (QED) is 0.480. The highest BCUT2D eigenvalue weighted by atomic mass is 19.1. The average molecular weight is 384 g/mol. The van der Waals surface area contributed by atoms with Crippen molar-refractivity contribution in [2.75, 3.05) is 5.32 Å². The third-order valence-corrected chi connectivity index (χ3v) is 4.92. The minimum atomic E-state index is -0.311. The van der Waals surface area contributed by atoms with Crippen LogP contribution in [-0.2, 0) is 11.2 Å². The lowest BCUT2D eigenvalue weighted by molar-refractivity contribution is -0.115. The van der Waals surface area contributed by atoms with Gasteiger partial charge < -0.3 is 5.32 Å². The van der Waals surface area contributed by atoms with Crippen LogP contribution in [0.25, 0.3) is 22.0 Å². The lowest BCUT2D eigenvalue weighted by atomic mass is 9.97. The van der Waals surface area contributed by atoms with Crippen molar-refractivity contribution in [3.63, 3.8) is 0 Å². The highest BCUT2D eigenvalue weighted by Gasteiger charge is 2.14. The number of hydrogen-bond donors (Lipinski definition) is 1. The number of aromatic nitrogens is 1. The third-order valence-electron chi connectivity index (χ3n) is 4.92. The van der Waals surface area contributed by atoms with Crippen LogP contribution in [0.3, 0.4) is 0 Å². The number of pyridine rings is 1. The van der Waals surface area contributed by atoms with Crippen LogP contribution in [0, 0.1) is 19.7 Å². The van der Waals surface area contributed by atoms with Crippen LogP contribution in [0.5, 0.6) is 0 Å². The van der Waals surface area contributed by atoms with Crippen LogP contribution < -0.4 is 5.32 Å². The highest BCUT2D eigenvalue weighted by molar-refractivity contribution is 5.98. The zero-order valence-electron chi connectivity index (χ0n) is 16.4. The SMILES string of the molecule is Cc1cc(C)c(NC(=O)Cc2ccc(F)cc2)c(-c2cnc3ccccc3c2)c1. The van der Waals surface area contributed by atoms with E-state index in [0.717, 1.165) is 44.4 Å². The van der Waals surface area contributed by atoms with Gasteiger partial charge in [0, 0.05) is 22.7 Å². The van der Waals surface area contributed by atoms with E-state index in [1.807, 2.05) is 50.4 Å². The predicted octanol–water partition coefficient (Wildman–Crippen LogP) is 5.84. The molecule has 1 amide bonds.